The van der Waals surface area contributed by atoms with Gasteiger partial charge in [-0.2, -0.15) is 0 Å². The number of benzene rings is 1. The molecule has 18 heavy (non-hydrogen) atoms. The highest BCUT2D eigenvalue weighted by molar-refractivity contribution is 5.35. The first-order valence-electron chi connectivity index (χ1n) is 6.28. The van der Waals surface area contributed by atoms with Crippen LogP contribution in [0.25, 0.3) is 0 Å². The van der Waals surface area contributed by atoms with E-state index >= 15 is 0 Å². The van der Waals surface area contributed by atoms with Gasteiger partial charge in [-0.25, -0.2) is 0 Å². The van der Waals surface area contributed by atoms with Crippen LogP contribution in [0.1, 0.15) is 19.8 Å². The lowest BCUT2D eigenvalue weighted by Gasteiger charge is -2.23. The summed E-state index contributed by atoms with van der Waals surface area (Å²) in [7, 11) is 0. The highest BCUT2D eigenvalue weighted by Gasteiger charge is 2.18. The SMILES string of the molecule is CC(COc1ccc([N+](=O)[O-])cc1)N1CCCC1. The molecule has 0 bridgehead atoms. The second-order valence-electron chi connectivity index (χ2n) is 4.65. The fourth-order valence-electron chi connectivity index (χ4n) is 2.17. The van der Waals surface area contributed by atoms with Gasteiger partial charge in [-0.1, -0.05) is 0 Å². The summed E-state index contributed by atoms with van der Waals surface area (Å²) in [5.74, 6) is 0.687. The first kappa shape index (κ1) is 12.8. The van der Waals surface area contributed by atoms with Crippen molar-refractivity contribution in [3.05, 3.63) is 34.4 Å². The fourth-order valence-corrected chi connectivity index (χ4v) is 2.17. The zero-order valence-electron chi connectivity index (χ0n) is 10.5. The van der Waals surface area contributed by atoms with Crippen molar-refractivity contribution < 1.29 is 9.66 Å². The first-order valence-corrected chi connectivity index (χ1v) is 6.28. The van der Waals surface area contributed by atoms with Crippen LogP contribution in [0, 0.1) is 10.1 Å². The summed E-state index contributed by atoms with van der Waals surface area (Å²) < 4.78 is 5.65. The summed E-state index contributed by atoms with van der Waals surface area (Å²) in [5, 5.41) is 10.5. The average Bonchev–Trinajstić information content (AvgIpc) is 2.90. The Kier molecular flexibility index (Phi) is 4.15. The van der Waals surface area contributed by atoms with Gasteiger partial charge in [0.15, 0.2) is 0 Å². The van der Waals surface area contributed by atoms with E-state index in [1.165, 1.54) is 25.0 Å². The number of nitro groups is 1. The quantitative estimate of drug-likeness (QED) is 0.595. The number of likely N-dealkylation sites (tertiary alicyclic amines) is 1. The summed E-state index contributed by atoms with van der Waals surface area (Å²) in [6.45, 7) is 5.06. The smallest absolute Gasteiger partial charge is 0.269 e. The summed E-state index contributed by atoms with van der Waals surface area (Å²) in [4.78, 5) is 12.5. The summed E-state index contributed by atoms with van der Waals surface area (Å²) in [6.07, 6.45) is 2.53. The van der Waals surface area contributed by atoms with E-state index in [0.29, 0.717) is 18.4 Å². The van der Waals surface area contributed by atoms with Gasteiger partial charge in [0.2, 0.25) is 0 Å². The normalized spacial score (nSPS) is 17.6. The summed E-state index contributed by atoms with van der Waals surface area (Å²) in [5.41, 5.74) is 0.0925. The molecular weight excluding hydrogens is 232 g/mol. The van der Waals surface area contributed by atoms with Crippen molar-refractivity contribution in [3.63, 3.8) is 0 Å². The topological polar surface area (TPSA) is 55.6 Å². The minimum atomic E-state index is -0.406. The van der Waals surface area contributed by atoms with Gasteiger partial charge in [0, 0.05) is 18.2 Å². The fraction of sp³-hybridized carbons (Fsp3) is 0.538. The molecule has 0 radical (unpaired) electrons. The lowest BCUT2D eigenvalue weighted by Crippen LogP contribution is -2.34. The lowest BCUT2D eigenvalue weighted by atomic mass is 10.3. The molecular formula is C13H18N2O3. The van der Waals surface area contributed by atoms with E-state index in [1.807, 2.05) is 0 Å². The second kappa shape index (κ2) is 5.82. The van der Waals surface area contributed by atoms with E-state index in [-0.39, 0.29) is 5.69 Å². The Balaban J connectivity index is 1.84. The van der Waals surface area contributed by atoms with E-state index in [2.05, 4.69) is 11.8 Å². The van der Waals surface area contributed by atoms with Crippen LogP contribution in [0.3, 0.4) is 0 Å². The maximum absolute atomic E-state index is 10.5. The third-order valence-corrected chi connectivity index (χ3v) is 3.30. The van der Waals surface area contributed by atoms with Gasteiger partial charge >= 0.3 is 0 Å². The number of hydrogen-bond acceptors (Lipinski definition) is 4. The molecule has 0 aromatic heterocycles. The minimum Gasteiger partial charge on any atom is -0.492 e. The molecule has 1 saturated heterocycles. The first-order chi connectivity index (χ1) is 8.66. The van der Waals surface area contributed by atoms with Crippen LogP contribution in [0.2, 0.25) is 0 Å². The molecule has 1 fully saturated rings. The Morgan fingerprint density at radius 3 is 2.50 bits per heavy atom. The molecule has 98 valence electrons. The largest absolute Gasteiger partial charge is 0.492 e. The molecule has 5 nitrogen and oxygen atoms in total. The molecule has 1 heterocycles. The average molecular weight is 250 g/mol. The van der Waals surface area contributed by atoms with Crippen molar-refractivity contribution in [2.45, 2.75) is 25.8 Å². The van der Waals surface area contributed by atoms with Crippen molar-refractivity contribution in [2.75, 3.05) is 19.7 Å². The second-order valence-corrected chi connectivity index (χ2v) is 4.65. The van der Waals surface area contributed by atoms with Gasteiger partial charge in [0.05, 0.1) is 4.92 Å². The van der Waals surface area contributed by atoms with E-state index in [4.69, 9.17) is 4.74 Å². The van der Waals surface area contributed by atoms with Crippen molar-refractivity contribution in [2.24, 2.45) is 0 Å². The molecule has 0 amide bonds. The zero-order valence-corrected chi connectivity index (χ0v) is 10.5. The van der Waals surface area contributed by atoms with Crippen molar-refractivity contribution in [1.29, 1.82) is 0 Å². The van der Waals surface area contributed by atoms with Crippen molar-refractivity contribution >= 4 is 5.69 Å². The number of rotatable bonds is 5. The highest BCUT2D eigenvalue weighted by Crippen LogP contribution is 2.18. The van der Waals surface area contributed by atoms with Gasteiger partial charge in [-0.15, -0.1) is 0 Å². The number of ether oxygens (including phenoxy) is 1. The van der Waals surface area contributed by atoms with Gasteiger partial charge in [0.25, 0.3) is 5.69 Å². The minimum absolute atomic E-state index is 0.0925. The molecule has 1 aromatic rings. The van der Waals surface area contributed by atoms with Crippen LogP contribution in [0.5, 0.6) is 5.75 Å². The predicted octanol–water partition coefficient (Wildman–Crippen LogP) is 2.46. The van der Waals surface area contributed by atoms with Gasteiger partial charge in [0.1, 0.15) is 12.4 Å². The molecule has 1 unspecified atom stereocenters. The van der Waals surface area contributed by atoms with E-state index < -0.39 is 4.92 Å². The molecule has 0 spiro atoms. The van der Waals surface area contributed by atoms with E-state index in [1.54, 1.807) is 12.1 Å². The van der Waals surface area contributed by atoms with E-state index in [9.17, 15) is 10.1 Å². The lowest BCUT2D eigenvalue weighted by molar-refractivity contribution is -0.384. The van der Waals surface area contributed by atoms with Crippen LogP contribution in [-0.2, 0) is 0 Å². The van der Waals surface area contributed by atoms with Crippen LogP contribution in [0.15, 0.2) is 24.3 Å². The Labute approximate surface area is 107 Å². The Bertz CT molecular complexity index is 399. The van der Waals surface area contributed by atoms with Crippen molar-refractivity contribution in [3.8, 4) is 5.75 Å². The predicted molar refractivity (Wildman–Crippen MR) is 68.9 cm³/mol. The number of non-ortho nitro benzene ring substituents is 1. The Morgan fingerprint density at radius 2 is 1.94 bits per heavy atom. The monoisotopic (exact) mass is 250 g/mol. The highest BCUT2D eigenvalue weighted by atomic mass is 16.6. The molecule has 1 aromatic carbocycles. The molecule has 0 saturated carbocycles. The number of nitro benzene ring substituents is 1. The summed E-state index contributed by atoms with van der Waals surface area (Å²) in [6, 6.07) is 6.62. The molecule has 5 heteroatoms. The Hall–Kier alpha value is -1.62. The number of nitrogens with zero attached hydrogens (tertiary/aromatic N) is 2. The molecule has 0 aliphatic carbocycles. The molecule has 0 N–H and O–H groups in total. The van der Waals surface area contributed by atoms with Crippen LogP contribution in [0.4, 0.5) is 5.69 Å². The molecule has 2 rings (SSSR count). The van der Waals surface area contributed by atoms with Crippen LogP contribution >= 0.6 is 0 Å². The van der Waals surface area contributed by atoms with Crippen LogP contribution < -0.4 is 4.74 Å². The van der Waals surface area contributed by atoms with Gasteiger partial charge in [-0.05, 0) is 45.0 Å². The zero-order chi connectivity index (χ0) is 13.0. The van der Waals surface area contributed by atoms with Gasteiger partial charge < -0.3 is 4.74 Å². The molecule has 1 aliphatic heterocycles. The maximum atomic E-state index is 10.5. The van der Waals surface area contributed by atoms with E-state index in [0.717, 1.165) is 13.1 Å². The third-order valence-electron chi connectivity index (χ3n) is 3.30. The number of hydrogen-bond donors (Lipinski definition) is 0. The molecule has 1 atom stereocenters. The Morgan fingerprint density at radius 1 is 1.33 bits per heavy atom. The maximum Gasteiger partial charge on any atom is 0.269 e. The van der Waals surface area contributed by atoms with Gasteiger partial charge in [-0.3, -0.25) is 15.0 Å². The van der Waals surface area contributed by atoms with Crippen molar-refractivity contribution in [1.82, 2.24) is 4.90 Å². The summed E-state index contributed by atoms with van der Waals surface area (Å²) >= 11 is 0. The van der Waals surface area contributed by atoms with Crippen LogP contribution in [-0.4, -0.2) is 35.6 Å². The molecule has 1 aliphatic rings. The third kappa shape index (κ3) is 3.20. The standard InChI is InChI=1S/C13H18N2O3/c1-11(14-8-2-3-9-14)10-18-13-6-4-12(5-7-13)15(16)17/h4-7,11H,2-3,8-10H2,1H3.